The van der Waals surface area contributed by atoms with Crippen molar-refractivity contribution >= 4 is 7.60 Å². The van der Waals surface area contributed by atoms with Crippen LogP contribution in [0.4, 0.5) is 0 Å². The maximum absolute atomic E-state index is 10.9. The van der Waals surface area contributed by atoms with Gasteiger partial charge in [-0.25, -0.2) is 0 Å². The average molecular weight is 384 g/mol. The SMILES string of the molecule is CCCCCCCCCC1(C)CCc2cc(OCP(=O)(O)O)ccc2O1. The Morgan fingerprint density at radius 2 is 1.85 bits per heavy atom. The predicted octanol–water partition coefficient (Wildman–Crippen LogP) is 5.43. The smallest absolute Gasteiger partial charge is 0.362 e. The van der Waals surface area contributed by atoms with Gasteiger partial charge < -0.3 is 19.3 Å². The molecule has 0 saturated heterocycles. The first-order valence-corrected chi connectivity index (χ1v) is 11.6. The molecule has 5 nitrogen and oxygen atoms in total. The van der Waals surface area contributed by atoms with E-state index in [0.717, 1.165) is 30.6 Å². The lowest BCUT2D eigenvalue weighted by Gasteiger charge is -2.36. The topological polar surface area (TPSA) is 76.0 Å². The highest BCUT2D eigenvalue weighted by atomic mass is 31.2. The van der Waals surface area contributed by atoms with Gasteiger partial charge in [-0.05, 0) is 56.4 Å². The van der Waals surface area contributed by atoms with Crippen molar-refractivity contribution in [1.29, 1.82) is 0 Å². The van der Waals surface area contributed by atoms with E-state index < -0.39 is 13.9 Å². The molecule has 0 aromatic heterocycles. The molecule has 1 aromatic rings. The Kier molecular flexibility index (Phi) is 8.00. The quantitative estimate of drug-likeness (QED) is 0.393. The van der Waals surface area contributed by atoms with E-state index in [0.29, 0.717) is 5.75 Å². The Bertz CT molecular complexity index is 612. The zero-order valence-electron chi connectivity index (χ0n) is 16.1. The van der Waals surface area contributed by atoms with E-state index in [1.54, 1.807) is 6.07 Å². The largest absolute Gasteiger partial charge is 0.487 e. The van der Waals surface area contributed by atoms with Crippen molar-refractivity contribution in [3.8, 4) is 11.5 Å². The summed E-state index contributed by atoms with van der Waals surface area (Å²) >= 11 is 0. The summed E-state index contributed by atoms with van der Waals surface area (Å²) < 4.78 is 22.4. The standard InChI is InChI=1S/C20H33O5P/c1-3-4-5-6-7-8-9-13-20(2)14-12-17-15-18(10-11-19(17)25-20)24-16-26(21,22)23/h10-11,15H,3-9,12-14,16H2,1-2H3,(H2,21,22,23). The van der Waals surface area contributed by atoms with Crippen LogP contribution in [0.3, 0.4) is 0 Å². The minimum Gasteiger partial charge on any atom is -0.487 e. The monoisotopic (exact) mass is 384 g/mol. The van der Waals surface area contributed by atoms with Crippen LogP contribution in [0.5, 0.6) is 11.5 Å². The van der Waals surface area contributed by atoms with Crippen molar-refractivity contribution in [2.24, 2.45) is 0 Å². The highest BCUT2D eigenvalue weighted by molar-refractivity contribution is 7.51. The molecule has 0 fully saturated rings. The molecule has 26 heavy (non-hydrogen) atoms. The van der Waals surface area contributed by atoms with E-state index in [9.17, 15) is 4.57 Å². The van der Waals surface area contributed by atoms with Crippen LogP contribution >= 0.6 is 7.60 Å². The molecule has 0 bridgehead atoms. The number of hydrogen-bond donors (Lipinski definition) is 2. The molecule has 2 N–H and O–H groups in total. The molecule has 148 valence electrons. The number of ether oxygens (including phenoxy) is 2. The molecule has 1 heterocycles. The number of benzene rings is 1. The van der Waals surface area contributed by atoms with Crippen LogP contribution in [0.1, 0.15) is 77.2 Å². The summed E-state index contributed by atoms with van der Waals surface area (Å²) in [7, 11) is -4.16. The fourth-order valence-corrected chi connectivity index (χ4v) is 3.76. The van der Waals surface area contributed by atoms with Gasteiger partial charge in [-0.3, -0.25) is 4.57 Å². The average Bonchev–Trinajstić information content (AvgIpc) is 2.58. The molecule has 1 aromatic carbocycles. The Morgan fingerprint density at radius 3 is 2.54 bits per heavy atom. The minimum atomic E-state index is -4.16. The van der Waals surface area contributed by atoms with Crippen molar-refractivity contribution in [1.82, 2.24) is 0 Å². The number of hydrogen-bond acceptors (Lipinski definition) is 3. The number of unbranched alkanes of at least 4 members (excludes halogenated alkanes) is 6. The third-order valence-electron chi connectivity index (χ3n) is 5.02. The van der Waals surface area contributed by atoms with Gasteiger partial charge in [0.2, 0.25) is 0 Å². The van der Waals surface area contributed by atoms with E-state index in [-0.39, 0.29) is 5.60 Å². The molecule has 0 radical (unpaired) electrons. The van der Waals surface area contributed by atoms with Gasteiger partial charge in [-0.15, -0.1) is 0 Å². The van der Waals surface area contributed by atoms with Gasteiger partial charge in [-0.2, -0.15) is 0 Å². The highest BCUT2D eigenvalue weighted by Crippen LogP contribution is 2.39. The molecule has 1 aliphatic heterocycles. The molecule has 0 spiro atoms. The summed E-state index contributed by atoms with van der Waals surface area (Å²) in [6, 6.07) is 5.40. The first-order chi connectivity index (χ1) is 12.3. The third-order valence-corrected chi connectivity index (χ3v) is 5.49. The number of aryl methyl sites for hydroxylation is 1. The number of rotatable bonds is 11. The first-order valence-electron chi connectivity index (χ1n) is 9.81. The van der Waals surface area contributed by atoms with Crippen LogP contribution in [-0.4, -0.2) is 21.7 Å². The molecule has 2 rings (SSSR count). The first kappa shape index (κ1) is 21.3. The van der Waals surface area contributed by atoms with Gasteiger partial charge in [0.15, 0.2) is 6.35 Å². The summed E-state index contributed by atoms with van der Waals surface area (Å²) in [6.45, 7) is 4.43. The fourth-order valence-electron chi connectivity index (χ4n) is 3.45. The van der Waals surface area contributed by atoms with Gasteiger partial charge in [0.05, 0.1) is 0 Å². The summed E-state index contributed by atoms with van der Waals surface area (Å²) in [4.78, 5) is 17.8. The second-order valence-electron chi connectivity index (χ2n) is 7.63. The lowest BCUT2D eigenvalue weighted by atomic mass is 9.88. The van der Waals surface area contributed by atoms with Crippen molar-refractivity contribution in [2.75, 3.05) is 6.35 Å². The van der Waals surface area contributed by atoms with Gasteiger partial charge >= 0.3 is 7.60 Å². The van der Waals surface area contributed by atoms with Crippen LogP contribution < -0.4 is 9.47 Å². The van der Waals surface area contributed by atoms with Crippen LogP contribution in [0.25, 0.3) is 0 Å². The Balaban J connectivity index is 1.80. The van der Waals surface area contributed by atoms with Crippen molar-refractivity contribution < 1.29 is 23.8 Å². The Morgan fingerprint density at radius 1 is 1.15 bits per heavy atom. The maximum Gasteiger partial charge on any atom is 0.362 e. The minimum absolute atomic E-state index is 0.120. The molecule has 0 saturated carbocycles. The van der Waals surface area contributed by atoms with E-state index in [2.05, 4.69) is 13.8 Å². The highest BCUT2D eigenvalue weighted by Gasteiger charge is 2.31. The Hall–Kier alpha value is -1.03. The zero-order chi connectivity index (χ0) is 19.0. The van der Waals surface area contributed by atoms with Crippen LogP contribution in [0.2, 0.25) is 0 Å². The molecule has 6 heteroatoms. The molecule has 1 aliphatic rings. The fraction of sp³-hybridized carbons (Fsp3) is 0.700. The predicted molar refractivity (Wildman–Crippen MR) is 104 cm³/mol. The summed E-state index contributed by atoms with van der Waals surface area (Å²) in [5, 5.41) is 0. The lowest BCUT2D eigenvalue weighted by molar-refractivity contribution is 0.0533. The van der Waals surface area contributed by atoms with Gasteiger partial charge in [-0.1, -0.05) is 45.4 Å². The molecule has 0 aliphatic carbocycles. The normalized spacial score (nSPS) is 19.7. The summed E-state index contributed by atoms with van der Waals surface area (Å²) in [6.07, 6.45) is 11.4. The molecule has 1 atom stereocenters. The van der Waals surface area contributed by atoms with Crippen molar-refractivity contribution in [2.45, 2.75) is 83.7 Å². The van der Waals surface area contributed by atoms with Gasteiger partial charge in [0.1, 0.15) is 17.1 Å². The number of fused-ring (bicyclic) bond motifs is 1. The molecular formula is C20H33O5P. The molecule has 0 amide bonds. The molecular weight excluding hydrogens is 351 g/mol. The van der Waals surface area contributed by atoms with Crippen molar-refractivity contribution in [3.63, 3.8) is 0 Å². The molecule has 1 unspecified atom stereocenters. The van der Waals surface area contributed by atoms with Crippen LogP contribution in [0, 0.1) is 0 Å². The second-order valence-corrected chi connectivity index (χ2v) is 9.22. The van der Waals surface area contributed by atoms with Gasteiger partial charge in [0.25, 0.3) is 0 Å². The third kappa shape index (κ3) is 7.30. The Labute approximate surface area is 157 Å². The maximum atomic E-state index is 10.9. The lowest BCUT2D eigenvalue weighted by Crippen LogP contribution is -2.36. The summed E-state index contributed by atoms with van der Waals surface area (Å²) in [5.74, 6) is 1.34. The van der Waals surface area contributed by atoms with Crippen LogP contribution in [0.15, 0.2) is 18.2 Å². The van der Waals surface area contributed by atoms with Gasteiger partial charge in [0, 0.05) is 0 Å². The van der Waals surface area contributed by atoms with Crippen LogP contribution in [-0.2, 0) is 11.0 Å². The van der Waals surface area contributed by atoms with E-state index in [1.165, 1.54) is 44.9 Å². The second kappa shape index (κ2) is 9.77. The van der Waals surface area contributed by atoms with E-state index >= 15 is 0 Å². The van der Waals surface area contributed by atoms with E-state index in [4.69, 9.17) is 19.3 Å². The zero-order valence-corrected chi connectivity index (χ0v) is 17.0. The summed E-state index contributed by atoms with van der Waals surface area (Å²) in [5.41, 5.74) is 0.926. The van der Waals surface area contributed by atoms with E-state index in [1.807, 2.05) is 12.1 Å². The van der Waals surface area contributed by atoms with Crippen molar-refractivity contribution in [3.05, 3.63) is 23.8 Å².